The van der Waals surface area contributed by atoms with Crippen molar-refractivity contribution in [3.05, 3.63) is 51.5 Å². The molecule has 1 saturated heterocycles. The van der Waals surface area contributed by atoms with E-state index in [1.165, 1.54) is 19.4 Å². The van der Waals surface area contributed by atoms with Crippen LogP contribution >= 0.6 is 47.2 Å². The van der Waals surface area contributed by atoms with Gasteiger partial charge in [-0.1, -0.05) is 34.8 Å². The molecule has 160 valence electrons. The number of anilines is 3. The first-order valence-corrected chi connectivity index (χ1v) is 10.8. The number of hydrogen-bond acceptors (Lipinski definition) is 5. The van der Waals surface area contributed by atoms with Crippen LogP contribution in [0.2, 0.25) is 15.1 Å². The first-order valence-electron chi connectivity index (χ1n) is 9.63. The van der Waals surface area contributed by atoms with E-state index in [2.05, 4.69) is 27.6 Å². The molecule has 5 nitrogen and oxygen atoms in total. The van der Waals surface area contributed by atoms with Crippen molar-refractivity contribution in [3.63, 3.8) is 0 Å². The first kappa shape index (κ1) is 23.2. The second-order valence-corrected chi connectivity index (χ2v) is 8.55. The molecule has 0 bridgehead atoms. The van der Waals surface area contributed by atoms with E-state index in [0.29, 0.717) is 27.1 Å². The van der Waals surface area contributed by atoms with Gasteiger partial charge in [-0.05, 0) is 69.3 Å². The number of benzene rings is 2. The van der Waals surface area contributed by atoms with Crippen molar-refractivity contribution in [3.8, 4) is 0 Å². The maximum Gasteiger partial charge on any atom is 0.229 e. The summed E-state index contributed by atoms with van der Waals surface area (Å²) in [6, 6.07) is 11.6. The molecular formula is C21H23Cl4N5. The summed E-state index contributed by atoms with van der Waals surface area (Å²) in [7, 11) is 2.19. The van der Waals surface area contributed by atoms with Crippen molar-refractivity contribution in [2.75, 3.05) is 30.8 Å². The van der Waals surface area contributed by atoms with Crippen molar-refractivity contribution in [1.29, 1.82) is 0 Å². The molecule has 0 radical (unpaired) electrons. The second kappa shape index (κ2) is 10.2. The standard InChI is InChI=1S/C21H22Cl3N5.ClH/c1-29-10-2-3-15(29)8-9-25-20-16-11-13(22)4-7-19(16)27-21(28-20)26-14-5-6-17(23)18(24)12-14;/h4-7,11-12,15H,2-3,8-10H2,1H3,(H2,25,26,27,28);1H. The molecule has 0 amide bonds. The summed E-state index contributed by atoms with van der Waals surface area (Å²) < 4.78 is 0. The highest BCUT2D eigenvalue weighted by Gasteiger charge is 2.20. The smallest absolute Gasteiger partial charge is 0.229 e. The highest BCUT2D eigenvalue weighted by atomic mass is 35.5. The molecule has 3 aromatic rings. The Morgan fingerprint density at radius 2 is 1.90 bits per heavy atom. The summed E-state index contributed by atoms with van der Waals surface area (Å²) in [6.45, 7) is 2.01. The maximum atomic E-state index is 6.22. The van der Waals surface area contributed by atoms with Crippen molar-refractivity contribution in [2.24, 2.45) is 0 Å². The van der Waals surface area contributed by atoms with Crippen LogP contribution < -0.4 is 10.6 Å². The number of fused-ring (bicyclic) bond motifs is 1. The van der Waals surface area contributed by atoms with E-state index in [-0.39, 0.29) is 12.4 Å². The molecule has 1 aliphatic rings. The van der Waals surface area contributed by atoms with Crippen molar-refractivity contribution in [1.82, 2.24) is 14.9 Å². The van der Waals surface area contributed by atoms with Crippen LogP contribution in [0.1, 0.15) is 19.3 Å². The van der Waals surface area contributed by atoms with E-state index in [0.717, 1.165) is 35.4 Å². The second-order valence-electron chi connectivity index (χ2n) is 7.30. The van der Waals surface area contributed by atoms with Crippen LogP contribution in [0.5, 0.6) is 0 Å². The Labute approximate surface area is 197 Å². The number of halogens is 4. The third-order valence-corrected chi connectivity index (χ3v) is 6.25. The fourth-order valence-corrected chi connectivity index (χ4v) is 4.17. The predicted octanol–water partition coefficient (Wildman–Crippen LogP) is 6.65. The molecule has 1 aliphatic heterocycles. The van der Waals surface area contributed by atoms with E-state index in [1.807, 2.05) is 24.3 Å². The highest BCUT2D eigenvalue weighted by molar-refractivity contribution is 6.42. The number of hydrogen-bond donors (Lipinski definition) is 2. The maximum absolute atomic E-state index is 6.22. The van der Waals surface area contributed by atoms with Gasteiger partial charge in [0.15, 0.2) is 0 Å². The molecule has 2 N–H and O–H groups in total. The molecular weight excluding hydrogens is 464 g/mol. The van der Waals surface area contributed by atoms with Crippen molar-refractivity contribution >= 4 is 75.6 Å². The molecule has 0 saturated carbocycles. The quantitative estimate of drug-likeness (QED) is 0.408. The normalized spacial score (nSPS) is 16.5. The summed E-state index contributed by atoms with van der Waals surface area (Å²) in [5, 5.41) is 9.23. The molecule has 4 rings (SSSR count). The third-order valence-electron chi connectivity index (χ3n) is 5.28. The summed E-state index contributed by atoms with van der Waals surface area (Å²) in [5.41, 5.74) is 1.58. The lowest BCUT2D eigenvalue weighted by molar-refractivity contribution is 0.301. The molecule has 1 unspecified atom stereocenters. The number of likely N-dealkylation sites (tertiary alicyclic amines) is 1. The average molecular weight is 487 g/mol. The summed E-state index contributed by atoms with van der Waals surface area (Å²) >= 11 is 18.3. The van der Waals surface area contributed by atoms with Gasteiger partial charge >= 0.3 is 0 Å². The topological polar surface area (TPSA) is 53.1 Å². The minimum Gasteiger partial charge on any atom is -0.369 e. The lowest BCUT2D eigenvalue weighted by Gasteiger charge is -2.20. The molecule has 9 heteroatoms. The zero-order valence-electron chi connectivity index (χ0n) is 16.5. The molecule has 1 atom stereocenters. The Kier molecular flexibility index (Phi) is 7.88. The molecule has 30 heavy (non-hydrogen) atoms. The summed E-state index contributed by atoms with van der Waals surface area (Å²) in [6.07, 6.45) is 3.59. The van der Waals surface area contributed by atoms with Crippen molar-refractivity contribution < 1.29 is 0 Å². The van der Waals surface area contributed by atoms with E-state index >= 15 is 0 Å². The van der Waals surface area contributed by atoms with Crippen LogP contribution in [-0.4, -0.2) is 41.0 Å². The van der Waals surface area contributed by atoms with Gasteiger partial charge in [0.1, 0.15) is 5.82 Å². The largest absolute Gasteiger partial charge is 0.369 e. The van der Waals surface area contributed by atoms with Gasteiger partial charge < -0.3 is 15.5 Å². The van der Waals surface area contributed by atoms with E-state index in [1.54, 1.807) is 12.1 Å². The van der Waals surface area contributed by atoms with Crippen LogP contribution in [0, 0.1) is 0 Å². The Balaban J connectivity index is 0.00000256. The average Bonchev–Trinajstić information content (AvgIpc) is 3.10. The lowest BCUT2D eigenvalue weighted by atomic mass is 10.1. The van der Waals surface area contributed by atoms with E-state index < -0.39 is 0 Å². The summed E-state index contributed by atoms with van der Waals surface area (Å²) in [5.74, 6) is 1.25. The first-order chi connectivity index (χ1) is 14.0. The Hall–Kier alpha value is -1.50. The minimum atomic E-state index is 0. The van der Waals surface area contributed by atoms with Crippen LogP contribution in [-0.2, 0) is 0 Å². The SMILES string of the molecule is CN1CCCC1CCNc1nc(Nc2ccc(Cl)c(Cl)c2)nc2ccc(Cl)cc12.Cl. The fourth-order valence-electron chi connectivity index (χ4n) is 3.70. The summed E-state index contributed by atoms with van der Waals surface area (Å²) in [4.78, 5) is 11.7. The van der Waals surface area contributed by atoms with E-state index in [4.69, 9.17) is 39.8 Å². The zero-order valence-corrected chi connectivity index (χ0v) is 19.5. The van der Waals surface area contributed by atoms with Gasteiger partial charge in [-0.3, -0.25) is 0 Å². The highest BCUT2D eigenvalue weighted by Crippen LogP contribution is 2.29. The predicted molar refractivity (Wildman–Crippen MR) is 130 cm³/mol. The fraction of sp³-hybridized carbons (Fsp3) is 0.333. The number of nitrogens with one attached hydrogen (secondary N) is 2. The van der Waals surface area contributed by atoms with Crippen LogP contribution in [0.25, 0.3) is 10.9 Å². The van der Waals surface area contributed by atoms with Crippen LogP contribution in [0.15, 0.2) is 36.4 Å². The number of rotatable bonds is 6. The van der Waals surface area contributed by atoms with Crippen LogP contribution in [0.4, 0.5) is 17.5 Å². The molecule has 0 aliphatic carbocycles. The van der Waals surface area contributed by atoms with Gasteiger partial charge in [0.2, 0.25) is 5.95 Å². The van der Waals surface area contributed by atoms with Gasteiger partial charge in [-0.2, -0.15) is 4.98 Å². The molecule has 1 aromatic heterocycles. The molecule has 0 spiro atoms. The third kappa shape index (κ3) is 5.40. The van der Waals surface area contributed by atoms with Gasteiger partial charge in [0.05, 0.1) is 15.6 Å². The van der Waals surface area contributed by atoms with Gasteiger partial charge in [0, 0.05) is 28.7 Å². The molecule has 1 fully saturated rings. The Morgan fingerprint density at radius 3 is 2.63 bits per heavy atom. The van der Waals surface area contributed by atoms with Crippen LogP contribution in [0.3, 0.4) is 0 Å². The van der Waals surface area contributed by atoms with Gasteiger partial charge in [-0.25, -0.2) is 4.98 Å². The number of nitrogens with zero attached hydrogens (tertiary/aromatic N) is 3. The Bertz CT molecular complexity index is 1030. The molecule has 2 aromatic carbocycles. The van der Waals surface area contributed by atoms with Gasteiger partial charge in [-0.15, -0.1) is 12.4 Å². The van der Waals surface area contributed by atoms with Gasteiger partial charge in [0.25, 0.3) is 0 Å². The lowest BCUT2D eigenvalue weighted by Crippen LogP contribution is -2.27. The molecule has 2 heterocycles. The zero-order chi connectivity index (χ0) is 20.4. The monoisotopic (exact) mass is 485 g/mol. The number of aromatic nitrogens is 2. The Morgan fingerprint density at radius 1 is 1.07 bits per heavy atom. The van der Waals surface area contributed by atoms with Crippen molar-refractivity contribution in [2.45, 2.75) is 25.3 Å². The minimum absolute atomic E-state index is 0. The van der Waals surface area contributed by atoms with E-state index in [9.17, 15) is 0 Å².